The standard InChI is InChI=1S/C20H21FN2O4/c1-12(2)18(23-19(24)14-5-3-4-6-15(14)21)20(25)22-10-13-7-8-16-17(9-13)27-11-26-16/h3-9,12,18H,10-11H2,1-2H3,(H,22,25)(H,23,24)/t18-/m0/s1. The highest BCUT2D eigenvalue weighted by Crippen LogP contribution is 2.32. The zero-order valence-corrected chi connectivity index (χ0v) is 15.1. The molecule has 7 heteroatoms. The second-order valence-corrected chi connectivity index (χ2v) is 6.58. The van der Waals surface area contributed by atoms with Gasteiger partial charge < -0.3 is 20.1 Å². The summed E-state index contributed by atoms with van der Waals surface area (Å²) in [6.45, 7) is 4.08. The molecular formula is C20H21FN2O4. The molecule has 6 nitrogen and oxygen atoms in total. The molecule has 2 aromatic rings. The number of hydrogen-bond donors (Lipinski definition) is 2. The topological polar surface area (TPSA) is 76.7 Å². The molecule has 1 heterocycles. The second kappa shape index (κ2) is 8.07. The maximum Gasteiger partial charge on any atom is 0.254 e. The lowest BCUT2D eigenvalue weighted by atomic mass is 10.0. The Morgan fingerprint density at radius 2 is 1.85 bits per heavy atom. The van der Waals surface area contributed by atoms with Crippen molar-refractivity contribution in [2.24, 2.45) is 5.92 Å². The number of hydrogen-bond acceptors (Lipinski definition) is 4. The third-order valence-electron chi connectivity index (χ3n) is 4.26. The number of benzene rings is 2. The van der Waals surface area contributed by atoms with Gasteiger partial charge in [0.1, 0.15) is 11.9 Å². The molecule has 0 unspecified atom stereocenters. The van der Waals surface area contributed by atoms with Gasteiger partial charge in [0.25, 0.3) is 5.91 Å². The van der Waals surface area contributed by atoms with E-state index in [2.05, 4.69) is 10.6 Å². The monoisotopic (exact) mass is 372 g/mol. The number of carbonyl (C=O) groups is 2. The molecule has 1 atom stereocenters. The smallest absolute Gasteiger partial charge is 0.254 e. The number of ether oxygens (including phenoxy) is 2. The van der Waals surface area contributed by atoms with E-state index < -0.39 is 17.8 Å². The predicted octanol–water partition coefficient (Wildman–Crippen LogP) is 2.63. The van der Waals surface area contributed by atoms with Gasteiger partial charge in [-0.05, 0) is 35.7 Å². The molecule has 0 saturated carbocycles. The van der Waals surface area contributed by atoms with Crippen LogP contribution in [0.1, 0.15) is 29.8 Å². The van der Waals surface area contributed by atoms with Crippen LogP contribution in [0.15, 0.2) is 42.5 Å². The van der Waals surface area contributed by atoms with Crippen LogP contribution in [0.2, 0.25) is 0 Å². The van der Waals surface area contributed by atoms with Crippen molar-refractivity contribution in [2.45, 2.75) is 26.4 Å². The van der Waals surface area contributed by atoms with Crippen molar-refractivity contribution in [2.75, 3.05) is 6.79 Å². The molecule has 0 fully saturated rings. The van der Waals surface area contributed by atoms with Crippen molar-refractivity contribution in [1.29, 1.82) is 0 Å². The van der Waals surface area contributed by atoms with E-state index in [1.54, 1.807) is 18.2 Å². The maximum atomic E-state index is 13.8. The highest BCUT2D eigenvalue weighted by molar-refractivity contribution is 5.97. The summed E-state index contributed by atoms with van der Waals surface area (Å²) in [5.74, 6) is -0.453. The van der Waals surface area contributed by atoms with Gasteiger partial charge in [-0.1, -0.05) is 32.0 Å². The van der Waals surface area contributed by atoms with E-state index >= 15 is 0 Å². The van der Waals surface area contributed by atoms with Gasteiger partial charge in [-0.3, -0.25) is 9.59 Å². The Kier molecular flexibility index (Phi) is 5.59. The van der Waals surface area contributed by atoms with Crippen molar-refractivity contribution < 1.29 is 23.5 Å². The summed E-state index contributed by atoms with van der Waals surface area (Å²) in [5.41, 5.74) is 0.752. The molecule has 142 valence electrons. The van der Waals surface area contributed by atoms with E-state index in [1.165, 1.54) is 18.2 Å². The molecular weight excluding hydrogens is 351 g/mol. The molecule has 0 saturated heterocycles. The molecule has 0 aliphatic carbocycles. The number of nitrogens with one attached hydrogen (secondary N) is 2. The van der Waals surface area contributed by atoms with Gasteiger partial charge in [0, 0.05) is 6.54 Å². The first-order valence-corrected chi connectivity index (χ1v) is 8.67. The van der Waals surface area contributed by atoms with E-state index in [-0.39, 0.29) is 30.7 Å². The van der Waals surface area contributed by atoms with Crippen LogP contribution >= 0.6 is 0 Å². The Morgan fingerprint density at radius 1 is 1.11 bits per heavy atom. The maximum absolute atomic E-state index is 13.8. The van der Waals surface area contributed by atoms with Crippen LogP contribution in [0.5, 0.6) is 11.5 Å². The summed E-state index contributed by atoms with van der Waals surface area (Å²) in [6.07, 6.45) is 0. The third kappa shape index (κ3) is 4.36. The lowest BCUT2D eigenvalue weighted by Gasteiger charge is -2.22. The second-order valence-electron chi connectivity index (χ2n) is 6.58. The van der Waals surface area contributed by atoms with Gasteiger partial charge in [0.15, 0.2) is 11.5 Å². The molecule has 3 rings (SSSR count). The predicted molar refractivity (Wildman–Crippen MR) is 96.9 cm³/mol. The number of fused-ring (bicyclic) bond motifs is 1. The summed E-state index contributed by atoms with van der Waals surface area (Å²) in [5, 5.41) is 5.41. The van der Waals surface area contributed by atoms with Crippen molar-refractivity contribution >= 4 is 11.8 Å². The van der Waals surface area contributed by atoms with Gasteiger partial charge in [0.05, 0.1) is 5.56 Å². The minimum atomic E-state index is -0.786. The summed E-state index contributed by atoms with van der Waals surface area (Å²) in [4.78, 5) is 24.9. The number of amides is 2. The fourth-order valence-electron chi connectivity index (χ4n) is 2.75. The lowest BCUT2D eigenvalue weighted by Crippen LogP contribution is -2.49. The van der Waals surface area contributed by atoms with Gasteiger partial charge in [-0.2, -0.15) is 0 Å². The van der Waals surface area contributed by atoms with Crippen LogP contribution in [-0.2, 0) is 11.3 Å². The molecule has 0 spiro atoms. The molecule has 27 heavy (non-hydrogen) atoms. The van der Waals surface area contributed by atoms with E-state index in [0.29, 0.717) is 11.5 Å². The van der Waals surface area contributed by atoms with E-state index in [9.17, 15) is 14.0 Å². The van der Waals surface area contributed by atoms with Crippen LogP contribution in [-0.4, -0.2) is 24.6 Å². The van der Waals surface area contributed by atoms with Gasteiger partial charge in [-0.15, -0.1) is 0 Å². The molecule has 2 amide bonds. The number of halogens is 1. The highest BCUT2D eigenvalue weighted by atomic mass is 19.1. The molecule has 0 bridgehead atoms. The Balaban J connectivity index is 1.63. The molecule has 2 N–H and O–H groups in total. The Bertz CT molecular complexity index is 854. The highest BCUT2D eigenvalue weighted by Gasteiger charge is 2.25. The summed E-state index contributed by atoms with van der Waals surface area (Å²) >= 11 is 0. The Hall–Kier alpha value is -3.09. The fourth-order valence-corrected chi connectivity index (χ4v) is 2.75. The van der Waals surface area contributed by atoms with Crippen LogP contribution in [0.4, 0.5) is 4.39 Å². The molecule has 1 aliphatic rings. The molecule has 1 aliphatic heterocycles. The third-order valence-corrected chi connectivity index (χ3v) is 4.26. The van der Waals surface area contributed by atoms with Crippen LogP contribution in [0.25, 0.3) is 0 Å². The number of rotatable bonds is 6. The SMILES string of the molecule is CC(C)[C@H](NC(=O)c1ccccc1F)C(=O)NCc1ccc2c(c1)OCO2. The first-order chi connectivity index (χ1) is 13.0. The van der Waals surface area contributed by atoms with Gasteiger partial charge in [-0.25, -0.2) is 4.39 Å². The molecule has 0 aromatic heterocycles. The molecule has 2 aromatic carbocycles. The van der Waals surface area contributed by atoms with Gasteiger partial charge in [0.2, 0.25) is 12.7 Å². The first kappa shape index (κ1) is 18.7. The average molecular weight is 372 g/mol. The van der Waals surface area contributed by atoms with Crippen LogP contribution in [0, 0.1) is 11.7 Å². The van der Waals surface area contributed by atoms with Crippen molar-refractivity contribution in [3.05, 3.63) is 59.4 Å². The van der Waals surface area contributed by atoms with Crippen LogP contribution < -0.4 is 20.1 Å². The summed E-state index contributed by atoms with van der Waals surface area (Å²) < 4.78 is 24.4. The van der Waals surface area contributed by atoms with Crippen LogP contribution in [0.3, 0.4) is 0 Å². The zero-order valence-electron chi connectivity index (χ0n) is 15.1. The minimum absolute atomic E-state index is 0.0910. The first-order valence-electron chi connectivity index (χ1n) is 8.67. The van der Waals surface area contributed by atoms with E-state index in [0.717, 1.165) is 5.56 Å². The molecule has 0 radical (unpaired) electrons. The summed E-state index contributed by atoms with van der Waals surface area (Å²) in [7, 11) is 0. The van der Waals surface area contributed by atoms with Gasteiger partial charge >= 0.3 is 0 Å². The minimum Gasteiger partial charge on any atom is -0.454 e. The Morgan fingerprint density at radius 3 is 2.59 bits per heavy atom. The summed E-state index contributed by atoms with van der Waals surface area (Å²) in [6, 6.07) is 10.3. The quantitative estimate of drug-likeness (QED) is 0.817. The number of carbonyl (C=O) groups excluding carboxylic acids is 2. The van der Waals surface area contributed by atoms with E-state index in [4.69, 9.17) is 9.47 Å². The zero-order chi connectivity index (χ0) is 19.4. The normalized spacial score (nSPS) is 13.3. The Labute approximate surface area is 156 Å². The lowest BCUT2D eigenvalue weighted by molar-refractivity contribution is -0.124. The van der Waals surface area contributed by atoms with Crippen molar-refractivity contribution in [3.8, 4) is 11.5 Å². The fraction of sp³-hybridized carbons (Fsp3) is 0.300. The largest absolute Gasteiger partial charge is 0.454 e. The van der Waals surface area contributed by atoms with Crippen molar-refractivity contribution in [1.82, 2.24) is 10.6 Å². The van der Waals surface area contributed by atoms with E-state index in [1.807, 2.05) is 19.9 Å². The van der Waals surface area contributed by atoms with Crippen molar-refractivity contribution in [3.63, 3.8) is 0 Å². The average Bonchev–Trinajstić information content (AvgIpc) is 3.12.